The summed E-state index contributed by atoms with van der Waals surface area (Å²) in [4.78, 5) is 16.9. The fourth-order valence-corrected chi connectivity index (χ4v) is 3.98. The van der Waals surface area contributed by atoms with E-state index in [2.05, 4.69) is 79.4 Å². The predicted octanol–water partition coefficient (Wildman–Crippen LogP) is 3.37. The van der Waals surface area contributed by atoms with Gasteiger partial charge in [0.1, 0.15) is 5.52 Å². The van der Waals surface area contributed by atoms with Crippen molar-refractivity contribution in [1.29, 1.82) is 0 Å². The number of imidazole rings is 1. The van der Waals surface area contributed by atoms with Crippen molar-refractivity contribution >= 4 is 22.9 Å². The maximum Gasteiger partial charge on any atom is 0.227 e. The van der Waals surface area contributed by atoms with Gasteiger partial charge < -0.3 is 20.9 Å². The van der Waals surface area contributed by atoms with Crippen LogP contribution >= 0.6 is 0 Å². The van der Waals surface area contributed by atoms with Crippen LogP contribution in [0.3, 0.4) is 0 Å². The van der Waals surface area contributed by atoms with Gasteiger partial charge in [-0.3, -0.25) is 0 Å². The van der Waals surface area contributed by atoms with Crippen molar-refractivity contribution in [2.24, 2.45) is 0 Å². The Labute approximate surface area is 175 Å². The van der Waals surface area contributed by atoms with Crippen LogP contribution in [0.2, 0.25) is 0 Å². The molecule has 152 valence electrons. The highest BCUT2D eigenvalue weighted by Crippen LogP contribution is 2.26. The lowest BCUT2D eigenvalue weighted by atomic mass is 9.91. The second-order valence-corrected chi connectivity index (χ2v) is 7.59. The molecule has 1 saturated heterocycles. The fraction of sp³-hybridized carbons (Fsp3) is 0.261. The Hall–Kier alpha value is -3.45. The van der Waals surface area contributed by atoms with Gasteiger partial charge in [-0.05, 0) is 24.1 Å². The van der Waals surface area contributed by atoms with Gasteiger partial charge in [0.25, 0.3) is 0 Å². The molecule has 0 amide bonds. The molecular formula is C23H25N7. The predicted molar refractivity (Wildman–Crippen MR) is 120 cm³/mol. The fourth-order valence-electron chi connectivity index (χ4n) is 3.98. The number of anilines is 2. The van der Waals surface area contributed by atoms with E-state index in [0.717, 1.165) is 30.8 Å². The first-order valence-electron chi connectivity index (χ1n) is 10.4. The quantitative estimate of drug-likeness (QED) is 0.381. The summed E-state index contributed by atoms with van der Waals surface area (Å²) >= 11 is 0. The minimum atomic E-state index is 0.204. The van der Waals surface area contributed by atoms with Gasteiger partial charge in [0.2, 0.25) is 5.95 Å². The smallest absolute Gasteiger partial charge is 0.227 e. The minimum absolute atomic E-state index is 0.204. The van der Waals surface area contributed by atoms with E-state index in [1.165, 1.54) is 11.1 Å². The average Bonchev–Trinajstić information content (AvgIpc) is 3.47. The number of aromatic amines is 1. The van der Waals surface area contributed by atoms with Gasteiger partial charge in [0.05, 0.1) is 6.33 Å². The maximum atomic E-state index is 4.76. The van der Waals surface area contributed by atoms with Gasteiger partial charge in [0.15, 0.2) is 11.5 Å². The second kappa shape index (κ2) is 8.51. The summed E-state index contributed by atoms with van der Waals surface area (Å²) in [5.41, 5.74) is 4.02. The van der Waals surface area contributed by atoms with E-state index in [-0.39, 0.29) is 5.92 Å². The monoisotopic (exact) mass is 399 g/mol. The van der Waals surface area contributed by atoms with Gasteiger partial charge in [-0.25, -0.2) is 4.98 Å². The third-order valence-corrected chi connectivity index (χ3v) is 5.56. The van der Waals surface area contributed by atoms with Gasteiger partial charge in [-0.15, -0.1) is 0 Å². The lowest BCUT2D eigenvalue weighted by Crippen LogP contribution is -2.24. The van der Waals surface area contributed by atoms with Crippen LogP contribution < -0.4 is 16.0 Å². The number of aromatic nitrogens is 4. The lowest BCUT2D eigenvalue weighted by molar-refractivity contribution is 0.781. The molecule has 0 aliphatic carbocycles. The summed E-state index contributed by atoms with van der Waals surface area (Å²) in [5, 5.41) is 10.4. The van der Waals surface area contributed by atoms with Crippen LogP contribution in [0.25, 0.3) is 11.2 Å². The first kappa shape index (κ1) is 18.6. The Kier molecular flexibility index (Phi) is 5.26. The molecule has 1 atom stereocenters. The average molecular weight is 400 g/mol. The zero-order chi connectivity index (χ0) is 20.2. The molecule has 2 aromatic heterocycles. The van der Waals surface area contributed by atoms with Crippen LogP contribution in [0.15, 0.2) is 67.0 Å². The van der Waals surface area contributed by atoms with Crippen molar-refractivity contribution in [1.82, 2.24) is 25.3 Å². The van der Waals surface area contributed by atoms with Crippen LogP contribution in [0.5, 0.6) is 0 Å². The summed E-state index contributed by atoms with van der Waals surface area (Å²) in [7, 11) is 0. The molecule has 0 saturated carbocycles. The molecular weight excluding hydrogens is 374 g/mol. The summed E-state index contributed by atoms with van der Waals surface area (Å²) in [5.74, 6) is 1.58. The Morgan fingerprint density at radius 1 is 0.967 bits per heavy atom. The molecule has 4 aromatic rings. The van der Waals surface area contributed by atoms with Crippen LogP contribution in [0.1, 0.15) is 23.5 Å². The van der Waals surface area contributed by atoms with Gasteiger partial charge in [0, 0.05) is 25.0 Å². The highest BCUT2D eigenvalue weighted by atomic mass is 15.2. The number of hydrogen-bond acceptors (Lipinski definition) is 6. The van der Waals surface area contributed by atoms with E-state index in [0.29, 0.717) is 24.2 Å². The molecule has 0 bridgehead atoms. The number of rotatable bonds is 7. The molecule has 30 heavy (non-hydrogen) atoms. The number of H-pyrrole nitrogens is 1. The topological polar surface area (TPSA) is 90.6 Å². The normalized spacial score (nSPS) is 16.2. The second-order valence-electron chi connectivity index (χ2n) is 7.59. The molecule has 5 rings (SSSR count). The summed E-state index contributed by atoms with van der Waals surface area (Å²) < 4.78 is 0. The molecule has 1 fully saturated rings. The Morgan fingerprint density at radius 3 is 2.37 bits per heavy atom. The van der Waals surface area contributed by atoms with Crippen LogP contribution in [-0.4, -0.2) is 45.6 Å². The molecule has 7 heteroatoms. The van der Waals surface area contributed by atoms with E-state index in [4.69, 9.17) is 4.98 Å². The van der Waals surface area contributed by atoms with Crippen molar-refractivity contribution in [3.05, 3.63) is 78.1 Å². The first-order chi connectivity index (χ1) is 14.9. The van der Waals surface area contributed by atoms with Crippen molar-refractivity contribution in [2.45, 2.75) is 18.4 Å². The van der Waals surface area contributed by atoms with Crippen LogP contribution in [0.4, 0.5) is 11.8 Å². The SMILES string of the molecule is c1ccc(C(CNc2nc(N[C@@H]3CCNC3)nc3nc[nH]c23)c2ccccc2)cc1. The Morgan fingerprint density at radius 2 is 1.70 bits per heavy atom. The molecule has 0 spiro atoms. The Balaban J connectivity index is 1.43. The highest BCUT2D eigenvalue weighted by molar-refractivity contribution is 5.83. The van der Waals surface area contributed by atoms with Crippen molar-refractivity contribution in [3.63, 3.8) is 0 Å². The van der Waals surface area contributed by atoms with Gasteiger partial charge >= 0.3 is 0 Å². The molecule has 1 aliphatic rings. The molecule has 7 nitrogen and oxygen atoms in total. The third kappa shape index (κ3) is 3.97. The minimum Gasteiger partial charge on any atom is -0.367 e. The number of benzene rings is 2. The molecule has 3 heterocycles. The number of hydrogen-bond donors (Lipinski definition) is 4. The maximum absolute atomic E-state index is 4.76. The summed E-state index contributed by atoms with van der Waals surface area (Å²) in [6, 6.07) is 21.5. The zero-order valence-corrected chi connectivity index (χ0v) is 16.7. The van der Waals surface area contributed by atoms with Crippen molar-refractivity contribution in [3.8, 4) is 0 Å². The van der Waals surface area contributed by atoms with Crippen LogP contribution in [-0.2, 0) is 0 Å². The van der Waals surface area contributed by atoms with E-state index >= 15 is 0 Å². The van der Waals surface area contributed by atoms with E-state index in [1.54, 1.807) is 6.33 Å². The molecule has 2 aromatic carbocycles. The molecule has 0 radical (unpaired) electrons. The van der Waals surface area contributed by atoms with E-state index in [1.807, 2.05) is 12.1 Å². The highest BCUT2D eigenvalue weighted by Gasteiger charge is 2.19. The lowest BCUT2D eigenvalue weighted by Gasteiger charge is -2.20. The third-order valence-electron chi connectivity index (χ3n) is 5.56. The number of fused-ring (bicyclic) bond motifs is 1. The summed E-state index contributed by atoms with van der Waals surface area (Å²) in [6.45, 7) is 2.65. The largest absolute Gasteiger partial charge is 0.367 e. The van der Waals surface area contributed by atoms with Crippen molar-refractivity contribution in [2.75, 3.05) is 30.3 Å². The molecule has 0 unspecified atom stereocenters. The first-order valence-corrected chi connectivity index (χ1v) is 10.4. The summed E-state index contributed by atoms with van der Waals surface area (Å²) in [6.07, 6.45) is 2.73. The van der Waals surface area contributed by atoms with E-state index in [9.17, 15) is 0 Å². The van der Waals surface area contributed by atoms with Crippen LogP contribution in [0, 0.1) is 0 Å². The standard InChI is InChI=1S/C23H25N7/c1-3-7-16(8-4-1)19(17-9-5-2-6-10-17)14-25-21-20-22(27-15-26-20)30-23(29-21)28-18-11-12-24-13-18/h1-10,15,18-19,24H,11-14H2,(H3,25,26,27,28,29,30)/t18-/m1/s1. The Bertz CT molecular complexity index is 1050. The van der Waals surface area contributed by atoms with Gasteiger partial charge in [-0.1, -0.05) is 60.7 Å². The molecule has 1 aliphatic heterocycles. The number of nitrogens with one attached hydrogen (secondary N) is 4. The van der Waals surface area contributed by atoms with E-state index < -0.39 is 0 Å². The van der Waals surface area contributed by atoms with Gasteiger partial charge in [-0.2, -0.15) is 9.97 Å². The van der Waals surface area contributed by atoms with Crippen molar-refractivity contribution < 1.29 is 0 Å². The molecule has 4 N–H and O–H groups in total. The number of nitrogens with zero attached hydrogens (tertiary/aromatic N) is 3. The zero-order valence-electron chi connectivity index (χ0n) is 16.7.